The van der Waals surface area contributed by atoms with Crippen molar-refractivity contribution in [1.29, 1.82) is 0 Å². The fourth-order valence-electron chi connectivity index (χ4n) is 3.15. The smallest absolute Gasteiger partial charge is 0.255 e. The van der Waals surface area contributed by atoms with Crippen LogP contribution in [0.25, 0.3) is 0 Å². The number of nitrogens with zero attached hydrogens (tertiary/aromatic N) is 3. The molecule has 23 heavy (non-hydrogen) atoms. The summed E-state index contributed by atoms with van der Waals surface area (Å²) in [5.41, 5.74) is 0.588. The van der Waals surface area contributed by atoms with E-state index in [1.54, 1.807) is 18.1 Å². The highest BCUT2D eigenvalue weighted by Gasteiger charge is 2.31. The monoisotopic (exact) mass is 317 g/mol. The molecule has 0 radical (unpaired) electrons. The van der Waals surface area contributed by atoms with Crippen LogP contribution in [0, 0.1) is 11.8 Å². The molecule has 5 heteroatoms. The van der Waals surface area contributed by atoms with Gasteiger partial charge in [-0.05, 0) is 49.7 Å². The predicted octanol–water partition coefficient (Wildman–Crippen LogP) is 2.16. The minimum Gasteiger partial charge on any atom is -0.391 e. The Morgan fingerprint density at radius 3 is 2.61 bits per heavy atom. The zero-order valence-corrected chi connectivity index (χ0v) is 14.1. The van der Waals surface area contributed by atoms with E-state index in [9.17, 15) is 9.90 Å². The highest BCUT2D eigenvalue weighted by Crippen LogP contribution is 2.32. The molecule has 1 amide bonds. The summed E-state index contributed by atoms with van der Waals surface area (Å²) in [7, 11) is 1.74. The summed E-state index contributed by atoms with van der Waals surface area (Å²) in [5.74, 6) is 2.05. The van der Waals surface area contributed by atoms with Crippen molar-refractivity contribution in [2.75, 3.05) is 31.6 Å². The van der Waals surface area contributed by atoms with Crippen LogP contribution in [0.15, 0.2) is 18.3 Å². The summed E-state index contributed by atoms with van der Waals surface area (Å²) >= 11 is 0. The Morgan fingerprint density at radius 2 is 2.04 bits per heavy atom. The summed E-state index contributed by atoms with van der Waals surface area (Å²) in [6.07, 6.45) is 5.82. The Labute approximate surface area is 138 Å². The van der Waals surface area contributed by atoms with Gasteiger partial charge in [0.05, 0.1) is 11.7 Å². The van der Waals surface area contributed by atoms with E-state index in [1.807, 2.05) is 12.1 Å². The van der Waals surface area contributed by atoms with Gasteiger partial charge in [0.2, 0.25) is 0 Å². The molecule has 1 saturated heterocycles. The number of likely N-dealkylation sites (N-methyl/N-ethyl adjacent to an activating group) is 1. The third-order valence-electron chi connectivity index (χ3n) is 5.08. The van der Waals surface area contributed by atoms with E-state index in [-0.39, 0.29) is 5.91 Å². The zero-order chi connectivity index (χ0) is 16.4. The number of pyridine rings is 1. The van der Waals surface area contributed by atoms with Crippen LogP contribution in [0.4, 0.5) is 5.82 Å². The quantitative estimate of drug-likeness (QED) is 0.904. The van der Waals surface area contributed by atoms with Gasteiger partial charge in [-0.3, -0.25) is 4.79 Å². The SMILES string of the molecule is CC1CCN(c2ccc(C(=O)N(C)CC(O)C3CC3)cn2)CC1. The van der Waals surface area contributed by atoms with Crippen molar-refractivity contribution in [3.05, 3.63) is 23.9 Å². The minimum absolute atomic E-state index is 0.0731. The lowest BCUT2D eigenvalue weighted by Crippen LogP contribution is -2.35. The zero-order valence-electron chi connectivity index (χ0n) is 14.1. The van der Waals surface area contributed by atoms with Crippen molar-refractivity contribution >= 4 is 11.7 Å². The van der Waals surface area contributed by atoms with Gasteiger partial charge >= 0.3 is 0 Å². The van der Waals surface area contributed by atoms with Crippen molar-refractivity contribution in [3.8, 4) is 0 Å². The second-order valence-electron chi connectivity index (χ2n) is 7.17. The molecule has 1 unspecified atom stereocenters. The maximum absolute atomic E-state index is 12.4. The molecule has 2 heterocycles. The van der Waals surface area contributed by atoms with Gasteiger partial charge in [-0.25, -0.2) is 4.98 Å². The molecule has 1 saturated carbocycles. The molecule has 0 spiro atoms. The molecule has 2 fully saturated rings. The lowest BCUT2D eigenvalue weighted by Gasteiger charge is -2.31. The van der Waals surface area contributed by atoms with Crippen LogP contribution >= 0.6 is 0 Å². The number of rotatable bonds is 5. The number of piperidine rings is 1. The van der Waals surface area contributed by atoms with Crippen LogP contribution in [-0.4, -0.2) is 53.7 Å². The second-order valence-corrected chi connectivity index (χ2v) is 7.17. The van der Waals surface area contributed by atoms with Gasteiger partial charge < -0.3 is 14.9 Å². The maximum Gasteiger partial charge on any atom is 0.255 e. The first-order valence-electron chi connectivity index (χ1n) is 8.69. The van der Waals surface area contributed by atoms with E-state index < -0.39 is 6.10 Å². The van der Waals surface area contributed by atoms with E-state index in [1.165, 1.54) is 12.8 Å². The highest BCUT2D eigenvalue weighted by atomic mass is 16.3. The van der Waals surface area contributed by atoms with Gasteiger partial charge in [-0.15, -0.1) is 0 Å². The number of aliphatic hydroxyl groups is 1. The molecule has 126 valence electrons. The van der Waals surface area contributed by atoms with Gasteiger partial charge in [0, 0.05) is 32.9 Å². The largest absolute Gasteiger partial charge is 0.391 e. The fourth-order valence-corrected chi connectivity index (χ4v) is 3.15. The average Bonchev–Trinajstić information content (AvgIpc) is 3.40. The summed E-state index contributed by atoms with van der Waals surface area (Å²) in [6.45, 7) is 4.76. The maximum atomic E-state index is 12.4. The summed E-state index contributed by atoms with van der Waals surface area (Å²) < 4.78 is 0. The molecule has 1 aliphatic carbocycles. The summed E-state index contributed by atoms with van der Waals surface area (Å²) in [4.78, 5) is 20.8. The molecule has 1 aliphatic heterocycles. The number of aromatic nitrogens is 1. The lowest BCUT2D eigenvalue weighted by molar-refractivity contribution is 0.0645. The molecule has 3 rings (SSSR count). The molecule has 1 aromatic rings. The first-order valence-corrected chi connectivity index (χ1v) is 8.69. The molecule has 2 aliphatic rings. The first-order chi connectivity index (χ1) is 11.0. The van der Waals surface area contributed by atoms with Gasteiger partial charge in [0.25, 0.3) is 5.91 Å². The number of carbonyl (C=O) groups is 1. The molecule has 1 aromatic heterocycles. The number of carbonyl (C=O) groups excluding carboxylic acids is 1. The van der Waals surface area contributed by atoms with Crippen LogP contribution in [0.1, 0.15) is 43.0 Å². The van der Waals surface area contributed by atoms with E-state index >= 15 is 0 Å². The molecule has 1 N–H and O–H groups in total. The van der Waals surface area contributed by atoms with Crippen LogP contribution < -0.4 is 4.90 Å². The number of anilines is 1. The molecule has 1 atom stereocenters. The molecular formula is C18H27N3O2. The Bertz CT molecular complexity index is 534. The molecule has 0 bridgehead atoms. The van der Waals surface area contributed by atoms with Gasteiger partial charge in [0.1, 0.15) is 5.82 Å². The number of hydrogen-bond donors (Lipinski definition) is 1. The highest BCUT2D eigenvalue weighted by molar-refractivity contribution is 5.93. The Kier molecular flexibility index (Phi) is 4.85. The molecule has 0 aromatic carbocycles. The predicted molar refractivity (Wildman–Crippen MR) is 90.5 cm³/mol. The normalized spacial score (nSPS) is 20.4. The van der Waals surface area contributed by atoms with Crippen molar-refractivity contribution in [2.45, 2.75) is 38.7 Å². The number of hydrogen-bond acceptors (Lipinski definition) is 4. The molecular weight excluding hydrogens is 290 g/mol. The van der Waals surface area contributed by atoms with E-state index in [0.29, 0.717) is 18.0 Å². The Hall–Kier alpha value is -1.62. The van der Waals surface area contributed by atoms with Crippen molar-refractivity contribution in [2.24, 2.45) is 11.8 Å². The van der Waals surface area contributed by atoms with Gasteiger partial charge in [-0.1, -0.05) is 6.92 Å². The topological polar surface area (TPSA) is 56.7 Å². The fraction of sp³-hybridized carbons (Fsp3) is 0.667. The first kappa shape index (κ1) is 16.2. The number of aliphatic hydroxyl groups excluding tert-OH is 1. The van der Waals surface area contributed by atoms with Crippen LogP contribution in [0.3, 0.4) is 0 Å². The van der Waals surface area contributed by atoms with Crippen LogP contribution in [0.2, 0.25) is 0 Å². The van der Waals surface area contributed by atoms with Crippen LogP contribution in [-0.2, 0) is 0 Å². The Morgan fingerprint density at radius 1 is 1.35 bits per heavy atom. The average molecular weight is 317 g/mol. The number of amides is 1. The van der Waals surface area contributed by atoms with Crippen molar-refractivity contribution < 1.29 is 9.90 Å². The van der Waals surface area contributed by atoms with E-state index in [0.717, 1.165) is 37.7 Å². The minimum atomic E-state index is -0.397. The van der Waals surface area contributed by atoms with Crippen LogP contribution in [0.5, 0.6) is 0 Å². The van der Waals surface area contributed by atoms with E-state index in [4.69, 9.17) is 0 Å². The van der Waals surface area contributed by atoms with Crippen molar-refractivity contribution in [1.82, 2.24) is 9.88 Å². The van der Waals surface area contributed by atoms with E-state index in [2.05, 4.69) is 16.8 Å². The summed E-state index contributed by atoms with van der Waals surface area (Å²) in [6, 6.07) is 3.79. The van der Waals surface area contributed by atoms with Gasteiger partial charge in [0.15, 0.2) is 0 Å². The summed E-state index contributed by atoms with van der Waals surface area (Å²) in [5, 5.41) is 9.97. The second kappa shape index (κ2) is 6.87. The standard InChI is InChI=1S/C18H27N3O2/c1-13-7-9-21(10-8-13)17-6-5-15(11-19-17)18(23)20(2)12-16(22)14-3-4-14/h5-6,11,13-14,16,22H,3-4,7-10,12H2,1-2H3. The van der Waals surface area contributed by atoms with Gasteiger partial charge in [-0.2, -0.15) is 0 Å². The molecule has 5 nitrogen and oxygen atoms in total. The third-order valence-corrected chi connectivity index (χ3v) is 5.08. The Balaban J connectivity index is 1.58. The van der Waals surface area contributed by atoms with Crippen molar-refractivity contribution in [3.63, 3.8) is 0 Å². The third kappa shape index (κ3) is 4.02. The lowest BCUT2D eigenvalue weighted by atomic mass is 9.99.